The Balaban J connectivity index is 1.85. The molecule has 0 radical (unpaired) electrons. The summed E-state index contributed by atoms with van der Waals surface area (Å²) in [6.07, 6.45) is 2.14. The minimum absolute atomic E-state index is 0.0273. The number of allylic oxidation sites excluding steroid dienone is 1. The maximum atomic E-state index is 6.43. The second-order valence-electron chi connectivity index (χ2n) is 9.90. The van der Waals surface area contributed by atoms with Crippen LogP contribution in [0.25, 0.3) is 0 Å². The van der Waals surface area contributed by atoms with Crippen molar-refractivity contribution in [2.24, 2.45) is 10.9 Å². The lowest BCUT2D eigenvalue weighted by Crippen LogP contribution is -2.54. The van der Waals surface area contributed by atoms with E-state index in [9.17, 15) is 0 Å². The van der Waals surface area contributed by atoms with Gasteiger partial charge < -0.3 is 33.2 Å². The second-order valence-corrected chi connectivity index (χ2v) is 9.90. The molecule has 2 aliphatic rings. The topological polar surface area (TPSA) is 77.0 Å². The smallest absolute Gasteiger partial charge is 0.210 e. The molecule has 3 rings (SSSR count). The molecular weight excluding hydrogens is 450 g/mol. The first-order valence-corrected chi connectivity index (χ1v) is 12.2. The van der Waals surface area contributed by atoms with Gasteiger partial charge >= 0.3 is 0 Å². The first-order chi connectivity index (χ1) is 16.7. The zero-order chi connectivity index (χ0) is 25.5. The number of rotatable bonds is 13. The van der Waals surface area contributed by atoms with Crippen molar-refractivity contribution in [3.63, 3.8) is 0 Å². The standard InChI is InChI=1S/C27H41NO7/c1-8-14-27(5,34-16-21-28-26(3,4)17-32-21)24(33-18-29-6)23-22(19(2)25(30-7)35-23)31-15-20-12-10-9-11-13-20/h8-14,19,22-25H,15-18H2,1-7H3/b14-8+/t19-,22-,23-,24?,25-,27-/m0/s1. The summed E-state index contributed by atoms with van der Waals surface area (Å²) in [7, 11) is 3.23. The normalized spacial score (nSPS) is 28.6. The second kappa shape index (κ2) is 12.4. The van der Waals surface area contributed by atoms with Gasteiger partial charge in [0.25, 0.3) is 0 Å². The average molecular weight is 492 g/mol. The highest BCUT2D eigenvalue weighted by molar-refractivity contribution is 5.79. The highest BCUT2D eigenvalue weighted by Crippen LogP contribution is 2.38. The third-order valence-corrected chi connectivity index (χ3v) is 6.33. The van der Waals surface area contributed by atoms with Gasteiger partial charge in [0.1, 0.15) is 37.8 Å². The third kappa shape index (κ3) is 7.12. The maximum Gasteiger partial charge on any atom is 0.210 e. The molecule has 2 aliphatic heterocycles. The van der Waals surface area contributed by atoms with Crippen LogP contribution in [0.3, 0.4) is 0 Å². The SMILES string of the molecule is C/C=C/[C@](C)(OCC1=NC(C)(C)CO1)C(OCOC)[C@H]1O[C@H](OC)[C@@H](C)[C@@H]1OCc1ccccc1. The van der Waals surface area contributed by atoms with E-state index < -0.39 is 24.1 Å². The third-order valence-electron chi connectivity index (χ3n) is 6.33. The van der Waals surface area contributed by atoms with Gasteiger partial charge in [-0.05, 0) is 33.3 Å². The molecule has 196 valence electrons. The van der Waals surface area contributed by atoms with Crippen molar-refractivity contribution in [1.82, 2.24) is 0 Å². The number of nitrogens with zero attached hydrogens (tertiary/aromatic N) is 1. The van der Waals surface area contributed by atoms with Crippen LogP contribution >= 0.6 is 0 Å². The molecule has 6 atom stereocenters. The van der Waals surface area contributed by atoms with E-state index in [1.807, 2.05) is 70.2 Å². The lowest BCUT2D eigenvalue weighted by molar-refractivity contribution is -0.221. The monoisotopic (exact) mass is 491 g/mol. The summed E-state index contributed by atoms with van der Waals surface area (Å²) < 4.78 is 42.1. The van der Waals surface area contributed by atoms with Gasteiger partial charge in [-0.25, -0.2) is 4.99 Å². The minimum atomic E-state index is -0.882. The molecule has 8 heteroatoms. The molecule has 2 heterocycles. The van der Waals surface area contributed by atoms with Crippen LogP contribution in [0.1, 0.15) is 40.2 Å². The quantitative estimate of drug-likeness (QED) is 0.303. The van der Waals surface area contributed by atoms with Crippen molar-refractivity contribution in [2.45, 2.75) is 77.0 Å². The molecule has 1 unspecified atom stereocenters. The molecule has 0 bridgehead atoms. The molecule has 0 amide bonds. The van der Waals surface area contributed by atoms with E-state index in [1.54, 1.807) is 14.2 Å². The van der Waals surface area contributed by atoms with Crippen molar-refractivity contribution in [3.05, 3.63) is 48.0 Å². The van der Waals surface area contributed by atoms with Crippen molar-refractivity contribution in [3.8, 4) is 0 Å². The highest BCUT2D eigenvalue weighted by Gasteiger charge is 2.52. The van der Waals surface area contributed by atoms with E-state index >= 15 is 0 Å². The molecule has 1 saturated heterocycles. The van der Waals surface area contributed by atoms with Gasteiger partial charge in [0.2, 0.25) is 5.90 Å². The predicted octanol–water partition coefficient (Wildman–Crippen LogP) is 4.13. The molecule has 1 aromatic carbocycles. The fraction of sp³-hybridized carbons (Fsp3) is 0.667. The van der Waals surface area contributed by atoms with E-state index in [1.165, 1.54) is 0 Å². The van der Waals surface area contributed by atoms with Crippen LogP contribution in [0.4, 0.5) is 0 Å². The summed E-state index contributed by atoms with van der Waals surface area (Å²) in [6.45, 7) is 11.3. The fourth-order valence-electron chi connectivity index (χ4n) is 4.57. The van der Waals surface area contributed by atoms with Crippen molar-refractivity contribution < 1.29 is 33.2 Å². The summed E-state index contributed by atoms with van der Waals surface area (Å²) in [5.74, 6) is 0.545. The number of hydrogen-bond acceptors (Lipinski definition) is 8. The fourth-order valence-corrected chi connectivity index (χ4v) is 4.57. The van der Waals surface area contributed by atoms with Gasteiger partial charge in [-0.15, -0.1) is 0 Å². The number of ether oxygens (including phenoxy) is 7. The number of benzene rings is 1. The highest BCUT2D eigenvalue weighted by atomic mass is 16.7. The zero-order valence-corrected chi connectivity index (χ0v) is 22.1. The number of methoxy groups -OCH3 is 2. The largest absolute Gasteiger partial charge is 0.477 e. The van der Waals surface area contributed by atoms with E-state index in [-0.39, 0.29) is 31.0 Å². The van der Waals surface area contributed by atoms with Crippen LogP contribution in [-0.2, 0) is 39.8 Å². The summed E-state index contributed by atoms with van der Waals surface area (Å²) in [5, 5.41) is 0. The Morgan fingerprint density at radius 1 is 1.20 bits per heavy atom. The number of hydrogen-bond donors (Lipinski definition) is 0. The van der Waals surface area contributed by atoms with Gasteiger partial charge in [0.05, 0.1) is 18.2 Å². The first-order valence-electron chi connectivity index (χ1n) is 12.2. The molecule has 0 saturated carbocycles. The summed E-state index contributed by atoms with van der Waals surface area (Å²) >= 11 is 0. The van der Waals surface area contributed by atoms with Crippen LogP contribution in [0.15, 0.2) is 47.5 Å². The van der Waals surface area contributed by atoms with Gasteiger partial charge in [-0.2, -0.15) is 0 Å². The van der Waals surface area contributed by atoms with E-state index in [4.69, 9.17) is 33.2 Å². The Hall–Kier alpha value is -1.81. The lowest BCUT2D eigenvalue weighted by atomic mass is 9.88. The average Bonchev–Trinajstić information content (AvgIpc) is 3.35. The Kier molecular flexibility index (Phi) is 9.86. The van der Waals surface area contributed by atoms with Crippen LogP contribution in [0.5, 0.6) is 0 Å². The lowest BCUT2D eigenvalue weighted by Gasteiger charge is -2.39. The molecular formula is C27H41NO7. The molecule has 0 aromatic heterocycles. The zero-order valence-electron chi connectivity index (χ0n) is 22.1. The van der Waals surface area contributed by atoms with E-state index in [0.717, 1.165) is 5.56 Å². The van der Waals surface area contributed by atoms with E-state index in [2.05, 4.69) is 11.9 Å². The van der Waals surface area contributed by atoms with Crippen LogP contribution < -0.4 is 0 Å². The number of aliphatic imine (C=N–C) groups is 1. The van der Waals surface area contributed by atoms with Crippen molar-refractivity contribution in [1.29, 1.82) is 0 Å². The summed E-state index contributed by atoms with van der Waals surface area (Å²) in [6, 6.07) is 10.1. The first kappa shape index (κ1) is 27.8. The van der Waals surface area contributed by atoms with Gasteiger partial charge in [-0.1, -0.05) is 49.4 Å². The van der Waals surface area contributed by atoms with Gasteiger partial charge in [-0.3, -0.25) is 0 Å². The Labute approximate surface area is 209 Å². The van der Waals surface area contributed by atoms with Crippen LogP contribution in [-0.4, -0.2) is 75.9 Å². The molecule has 0 aliphatic carbocycles. The molecule has 1 aromatic rings. The van der Waals surface area contributed by atoms with Crippen molar-refractivity contribution in [2.75, 3.05) is 34.2 Å². The summed E-state index contributed by atoms with van der Waals surface area (Å²) in [5.41, 5.74) is -0.0545. The minimum Gasteiger partial charge on any atom is -0.477 e. The van der Waals surface area contributed by atoms with Crippen molar-refractivity contribution >= 4 is 5.90 Å². The van der Waals surface area contributed by atoms with Crippen LogP contribution in [0.2, 0.25) is 0 Å². The predicted molar refractivity (Wildman–Crippen MR) is 133 cm³/mol. The molecule has 0 spiro atoms. The molecule has 0 N–H and O–H groups in total. The Morgan fingerprint density at radius 2 is 1.94 bits per heavy atom. The van der Waals surface area contributed by atoms with Crippen LogP contribution in [0, 0.1) is 5.92 Å². The van der Waals surface area contributed by atoms with Gasteiger partial charge in [0.15, 0.2) is 6.29 Å². The van der Waals surface area contributed by atoms with E-state index in [0.29, 0.717) is 19.1 Å². The molecule has 8 nitrogen and oxygen atoms in total. The van der Waals surface area contributed by atoms with Gasteiger partial charge in [0, 0.05) is 20.1 Å². The molecule has 35 heavy (non-hydrogen) atoms. The maximum absolute atomic E-state index is 6.43. The Morgan fingerprint density at radius 3 is 2.54 bits per heavy atom. The Bertz CT molecular complexity index is 843. The molecule has 1 fully saturated rings. The summed E-state index contributed by atoms with van der Waals surface area (Å²) in [4.78, 5) is 4.62.